The number of nitrogens with zero attached hydrogens (tertiary/aromatic N) is 2. The van der Waals surface area contributed by atoms with Crippen LogP contribution in [0.2, 0.25) is 5.02 Å². The Morgan fingerprint density at radius 2 is 2.06 bits per heavy atom. The largest absolute Gasteiger partial charge is 0.394 e. The number of aromatic nitrogens is 2. The standard InChI is InChI=1S/C12H15ClN4/c1-7-5-4-6-9(10(7)13)15-12-11(14)8(2)16-17(12)3/h4-6,15H,14H2,1-3H3. The van der Waals surface area contributed by atoms with Gasteiger partial charge in [-0.3, -0.25) is 4.68 Å². The lowest BCUT2D eigenvalue weighted by Gasteiger charge is -2.10. The molecule has 0 saturated carbocycles. The van der Waals surface area contributed by atoms with Gasteiger partial charge in [0.15, 0.2) is 5.82 Å². The van der Waals surface area contributed by atoms with E-state index in [1.165, 1.54) is 0 Å². The average molecular weight is 251 g/mol. The van der Waals surface area contributed by atoms with Gasteiger partial charge in [0.05, 0.1) is 22.1 Å². The van der Waals surface area contributed by atoms with Crippen LogP contribution in [0, 0.1) is 13.8 Å². The van der Waals surface area contributed by atoms with Gasteiger partial charge in [-0.05, 0) is 25.5 Å². The topological polar surface area (TPSA) is 55.9 Å². The van der Waals surface area contributed by atoms with E-state index in [2.05, 4.69) is 10.4 Å². The van der Waals surface area contributed by atoms with Gasteiger partial charge in [0, 0.05) is 7.05 Å². The van der Waals surface area contributed by atoms with Gasteiger partial charge in [0.25, 0.3) is 0 Å². The van der Waals surface area contributed by atoms with Crippen molar-refractivity contribution in [3.05, 3.63) is 34.5 Å². The van der Waals surface area contributed by atoms with E-state index < -0.39 is 0 Å². The maximum absolute atomic E-state index is 6.22. The van der Waals surface area contributed by atoms with Crippen molar-refractivity contribution >= 4 is 28.8 Å². The maximum Gasteiger partial charge on any atom is 0.152 e. The molecular weight excluding hydrogens is 236 g/mol. The fraction of sp³-hybridized carbons (Fsp3) is 0.250. The first-order chi connectivity index (χ1) is 8.00. The summed E-state index contributed by atoms with van der Waals surface area (Å²) in [4.78, 5) is 0. The molecule has 0 atom stereocenters. The van der Waals surface area contributed by atoms with Crippen molar-refractivity contribution in [1.82, 2.24) is 9.78 Å². The monoisotopic (exact) mass is 250 g/mol. The molecule has 0 aliphatic heterocycles. The minimum absolute atomic E-state index is 0.644. The predicted octanol–water partition coefficient (Wildman–Crippen LogP) is 3.02. The Balaban J connectivity index is 2.41. The molecule has 0 amide bonds. The van der Waals surface area contributed by atoms with Gasteiger partial charge in [0.2, 0.25) is 0 Å². The van der Waals surface area contributed by atoms with Crippen LogP contribution in [0.15, 0.2) is 18.2 Å². The highest BCUT2D eigenvalue weighted by Crippen LogP contribution is 2.31. The second-order valence-corrected chi connectivity index (χ2v) is 4.41. The van der Waals surface area contributed by atoms with Crippen molar-refractivity contribution in [1.29, 1.82) is 0 Å². The molecule has 0 saturated heterocycles. The van der Waals surface area contributed by atoms with E-state index in [9.17, 15) is 0 Å². The lowest BCUT2D eigenvalue weighted by molar-refractivity contribution is 0.765. The molecule has 1 aromatic carbocycles. The minimum atomic E-state index is 0.644. The van der Waals surface area contributed by atoms with Crippen LogP contribution >= 0.6 is 11.6 Å². The molecule has 0 aliphatic carbocycles. The van der Waals surface area contributed by atoms with Crippen molar-refractivity contribution in [2.45, 2.75) is 13.8 Å². The molecule has 1 heterocycles. The fourth-order valence-electron chi connectivity index (χ4n) is 1.69. The number of benzene rings is 1. The molecule has 2 rings (SSSR count). The Hall–Kier alpha value is -1.68. The van der Waals surface area contributed by atoms with Gasteiger partial charge in [-0.2, -0.15) is 5.10 Å². The number of aryl methyl sites for hydroxylation is 3. The normalized spacial score (nSPS) is 10.6. The number of nitrogens with two attached hydrogens (primary N) is 1. The highest BCUT2D eigenvalue weighted by molar-refractivity contribution is 6.34. The van der Waals surface area contributed by atoms with E-state index in [4.69, 9.17) is 17.3 Å². The summed E-state index contributed by atoms with van der Waals surface area (Å²) in [7, 11) is 1.84. The maximum atomic E-state index is 6.22. The van der Waals surface area contributed by atoms with Gasteiger partial charge >= 0.3 is 0 Å². The first-order valence-corrected chi connectivity index (χ1v) is 5.69. The molecule has 3 N–H and O–H groups in total. The van der Waals surface area contributed by atoms with Crippen molar-refractivity contribution in [2.75, 3.05) is 11.1 Å². The third-order valence-corrected chi connectivity index (χ3v) is 3.22. The van der Waals surface area contributed by atoms with Gasteiger partial charge in [-0.25, -0.2) is 0 Å². The van der Waals surface area contributed by atoms with E-state index >= 15 is 0 Å². The summed E-state index contributed by atoms with van der Waals surface area (Å²) in [5.74, 6) is 0.759. The molecule has 0 radical (unpaired) electrons. The Kier molecular flexibility index (Phi) is 2.98. The molecule has 0 aliphatic rings. The minimum Gasteiger partial charge on any atom is -0.394 e. The fourth-order valence-corrected chi connectivity index (χ4v) is 1.87. The summed E-state index contributed by atoms with van der Waals surface area (Å²) in [6.07, 6.45) is 0. The van der Waals surface area contributed by atoms with E-state index in [-0.39, 0.29) is 0 Å². The number of nitrogen functional groups attached to an aromatic ring is 1. The van der Waals surface area contributed by atoms with E-state index in [0.717, 1.165) is 22.8 Å². The summed E-state index contributed by atoms with van der Waals surface area (Å²) in [5.41, 5.74) is 9.26. The van der Waals surface area contributed by atoms with Gasteiger partial charge in [-0.15, -0.1) is 0 Å². The van der Waals surface area contributed by atoms with Gasteiger partial charge < -0.3 is 11.1 Å². The zero-order valence-electron chi connectivity index (χ0n) is 10.1. The lowest BCUT2D eigenvalue weighted by atomic mass is 10.2. The molecule has 0 fully saturated rings. The van der Waals surface area contributed by atoms with Crippen LogP contribution < -0.4 is 11.1 Å². The van der Waals surface area contributed by atoms with Crippen LogP contribution in [0.5, 0.6) is 0 Å². The van der Waals surface area contributed by atoms with E-state index in [1.807, 2.05) is 39.1 Å². The van der Waals surface area contributed by atoms with Crippen LogP contribution in [0.4, 0.5) is 17.2 Å². The van der Waals surface area contributed by atoms with Crippen LogP contribution in [-0.2, 0) is 7.05 Å². The second-order valence-electron chi connectivity index (χ2n) is 4.03. The van der Waals surface area contributed by atoms with Crippen molar-refractivity contribution < 1.29 is 0 Å². The first kappa shape index (κ1) is 11.8. The van der Waals surface area contributed by atoms with Gasteiger partial charge in [0.1, 0.15) is 0 Å². The van der Waals surface area contributed by atoms with Crippen molar-refractivity contribution in [2.24, 2.45) is 7.05 Å². The summed E-state index contributed by atoms with van der Waals surface area (Å²) in [6.45, 7) is 3.84. The zero-order valence-corrected chi connectivity index (χ0v) is 10.8. The number of halogens is 1. The number of nitrogens with one attached hydrogen (secondary N) is 1. The first-order valence-electron chi connectivity index (χ1n) is 5.32. The Labute approximate surface area is 105 Å². The number of anilines is 3. The third-order valence-electron chi connectivity index (χ3n) is 2.71. The zero-order chi connectivity index (χ0) is 12.6. The molecule has 0 unspecified atom stereocenters. The summed E-state index contributed by atoms with van der Waals surface area (Å²) >= 11 is 6.22. The lowest BCUT2D eigenvalue weighted by Crippen LogP contribution is -2.02. The Bertz CT molecular complexity index is 560. The van der Waals surface area contributed by atoms with Crippen LogP contribution in [0.3, 0.4) is 0 Å². The molecule has 4 nitrogen and oxygen atoms in total. The summed E-state index contributed by atoms with van der Waals surface area (Å²) in [5, 5.41) is 8.16. The Morgan fingerprint density at radius 3 is 2.65 bits per heavy atom. The third kappa shape index (κ3) is 2.08. The van der Waals surface area contributed by atoms with Crippen LogP contribution in [-0.4, -0.2) is 9.78 Å². The smallest absolute Gasteiger partial charge is 0.152 e. The Morgan fingerprint density at radius 1 is 1.35 bits per heavy atom. The SMILES string of the molecule is Cc1cccc(Nc2c(N)c(C)nn2C)c1Cl. The highest BCUT2D eigenvalue weighted by atomic mass is 35.5. The average Bonchev–Trinajstić information content (AvgIpc) is 2.51. The molecule has 2 aromatic rings. The quantitative estimate of drug-likeness (QED) is 0.862. The second kappa shape index (κ2) is 4.30. The molecule has 0 spiro atoms. The highest BCUT2D eigenvalue weighted by Gasteiger charge is 2.11. The van der Waals surface area contributed by atoms with Crippen LogP contribution in [0.25, 0.3) is 0 Å². The van der Waals surface area contributed by atoms with Crippen molar-refractivity contribution in [3.8, 4) is 0 Å². The number of hydrogen-bond acceptors (Lipinski definition) is 3. The van der Waals surface area contributed by atoms with E-state index in [1.54, 1.807) is 4.68 Å². The molecule has 5 heteroatoms. The van der Waals surface area contributed by atoms with E-state index in [0.29, 0.717) is 10.7 Å². The van der Waals surface area contributed by atoms with Crippen LogP contribution in [0.1, 0.15) is 11.3 Å². The molecule has 1 aromatic heterocycles. The summed E-state index contributed by atoms with van der Waals surface area (Å²) < 4.78 is 1.71. The van der Waals surface area contributed by atoms with Gasteiger partial charge in [-0.1, -0.05) is 23.7 Å². The van der Waals surface area contributed by atoms with Crippen molar-refractivity contribution in [3.63, 3.8) is 0 Å². The molecular formula is C12H15ClN4. The molecule has 0 bridgehead atoms. The summed E-state index contributed by atoms with van der Waals surface area (Å²) in [6, 6.07) is 5.82. The molecule has 90 valence electrons. The number of hydrogen-bond donors (Lipinski definition) is 2. The predicted molar refractivity (Wildman–Crippen MR) is 71.8 cm³/mol. The molecule has 17 heavy (non-hydrogen) atoms. The number of rotatable bonds is 2.